The summed E-state index contributed by atoms with van der Waals surface area (Å²) in [5.74, 6) is -1.27. The molecule has 0 radical (unpaired) electrons. The molecule has 1 aromatic carbocycles. The fraction of sp³-hybridized carbons (Fsp3) is 0.0909. The summed E-state index contributed by atoms with van der Waals surface area (Å²) in [6.07, 6.45) is 0. The van der Waals surface area contributed by atoms with E-state index in [1.54, 1.807) is 0 Å². The second-order valence-electron chi connectivity index (χ2n) is 3.70. The van der Waals surface area contributed by atoms with Gasteiger partial charge in [0.05, 0.1) is 6.07 Å². The highest BCUT2D eigenvalue weighted by Crippen LogP contribution is 2.08. The quantitative estimate of drug-likeness (QED) is 0.643. The van der Waals surface area contributed by atoms with Crippen LogP contribution in [-0.2, 0) is 6.54 Å². The Hall–Kier alpha value is -2.77. The number of hydrogen-bond donors (Lipinski definition) is 2. The SMILES string of the molecule is O=C(NCc1ccc(F)cc1)c1cc([N+](=O)[O-])[nH]n1. The van der Waals surface area contributed by atoms with Crippen LogP contribution in [0, 0.1) is 15.9 Å². The lowest BCUT2D eigenvalue weighted by Crippen LogP contribution is -2.23. The monoisotopic (exact) mass is 264 g/mol. The van der Waals surface area contributed by atoms with Crippen molar-refractivity contribution in [2.24, 2.45) is 0 Å². The standard InChI is InChI=1S/C11H9FN4O3/c12-8-3-1-7(2-4-8)6-13-11(17)9-5-10(15-14-9)16(18)19/h1-5H,6H2,(H,13,17)(H,14,15). The number of nitro groups is 1. The van der Waals surface area contributed by atoms with E-state index in [9.17, 15) is 19.3 Å². The summed E-state index contributed by atoms with van der Waals surface area (Å²) in [6.45, 7) is 0.180. The average Bonchev–Trinajstić information content (AvgIpc) is 2.87. The summed E-state index contributed by atoms with van der Waals surface area (Å²) in [5.41, 5.74) is 0.633. The fourth-order valence-electron chi connectivity index (χ4n) is 1.40. The summed E-state index contributed by atoms with van der Waals surface area (Å²) in [4.78, 5) is 21.4. The van der Waals surface area contributed by atoms with Crippen molar-refractivity contribution in [1.82, 2.24) is 15.5 Å². The first-order valence-electron chi connectivity index (χ1n) is 5.28. The molecule has 1 aromatic heterocycles. The van der Waals surface area contributed by atoms with Gasteiger partial charge in [0.2, 0.25) is 0 Å². The first kappa shape index (κ1) is 12.7. The number of nitrogens with zero attached hydrogens (tertiary/aromatic N) is 2. The summed E-state index contributed by atoms with van der Waals surface area (Å²) >= 11 is 0. The number of nitrogens with one attached hydrogen (secondary N) is 2. The Bertz CT molecular complexity index is 609. The molecule has 0 aliphatic heterocycles. The predicted molar refractivity (Wildman–Crippen MR) is 62.8 cm³/mol. The third-order valence-corrected chi connectivity index (χ3v) is 2.36. The maximum Gasteiger partial charge on any atom is 0.343 e. The van der Waals surface area contributed by atoms with Crippen LogP contribution >= 0.6 is 0 Å². The molecule has 0 saturated carbocycles. The Morgan fingerprint density at radius 3 is 2.68 bits per heavy atom. The number of carbonyl (C=O) groups is 1. The Balaban J connectivity index is 1.97. The number of carbonyl (C=O) groups excluding carboxylic acids is 1. The van der Waals surface area contributed by atoms with Crippen LogP contribution in [0.2, 0.25) is 0 Å². The number of aromatic nitrogens is 2. The second kappa shape index (κ2) is 5.25. The smallest absolute Gasteiger partial charge is 0.343 e. The van der Waals surface area contributed by atoms with Crippen LogP contribution in [0.5, 0.6) is 0 Å². The molecule has 0 bridgehead atoms. The number of halogens is 1. The molecule has 8 heteroatoms. The van der Waals surface area contributed by atoms with Gasteiger partial charge in [-0.15, -0.1) is 5.10 Å². The van der Waals surface area contributed by atoms with Gasteiger partial charge in [-0.1, -0.05) is 17.2 Å². The number of rotatable bonds is 4. The number of aromatic amines is 1. The summed E-state index contributed by atoms with van der Waals surface area (Å²) in [5, 5.41) is 18.6. The van der Waals surface area contributed by atoms with Crippen molar-refractivity contribution in [3.63, 3.8) is 0 Å². The van der Waals surface area contributed by atoms with Gasteiger partial charge in [-0.05, 0) is 22.6 Å². The van der Waals surface area contributed by atoms with E-state index >= 15 is 0 Å². The molecule has 0 aliphatic carbocycles. The van der Waals surface area contributed by atoms with Crippen LogP contribution in [-0.4, -0.2) is 21.0 Å². The third-order valence-electron chi connectivity index (χ3n) is 2.36. The molecule has 0 fully saturated rings. The lowest BCUT2D eigenvalue weighted by molar-refractivity contribution is -0.389. The molecule has 0 unspecified atom stereocenters. The molecular formula is C11H9FN4O3. The third kappa shape index (κ3) is 3.12. The highest BCUT2D eigenvalue weighted by Gasteiger charge is 2.15. The maximum atomic E-state index is 12.7. The first-order chi connectivity index (χ1) is 9.06. The zero-order chi connectivity index (χ0) is 13.8. The zero-order valence-corrected chi connectivity index (χ0v) is 9.59. The Morgan fingerprint density at radius 1 is 1.42 bits per heavy atom. The van der Waals surface area contributed by atoms with E-state index in [0.29, 0.717) is 5.56 Å². The minimum absolute atomic E-state index is 0.0752. The number of hydrogen-bond acceptors (Lipinski definition) is 4. The summed E-state index contributed by atoms with van der Waals surface area (Å²) in [7, 11) is 0. The van der Waals surface area contributed by atoms with Gasteiger partial charge in [0, 0.05) is 6.54 Å². The highest BCUT2D eigenvalue weighted by molar-refractivity contribution is 5.92. The molecule has 7 nitrogen and oxygen atoms in total. The van der Waals surface area contributed by atoms with Gasteiger partial charge in [0.1, 0.15) is 5.82 Å². The lowest BCUT2D eigenvalue weighted by Gasteiger charge is -2.02. The van der Waals surface area contributed by atoms with Gasteiger partial charge in [0.25, 0.3) is 5.91 Å². The van der Waals surface area contributed by atoms with Crippen molar-refractivity contribution >= 4 is 11.7 Å². The predicted octanol–water partition coefficient (Wildman–Crippen LogP) is 1.39. The molecule has 2 aromatic rings. The second-order valence-corrected chi connectivity index (χ2v) is 3.70. The van der Waals surface area contributed by atoms with Crippen molar-refractivity contribution in [3.8, 4) is 0 Å². The largest absolute Gasteiger partial charge is 0.358 e. The molecule has 0 spiro atoms. The van der Waals surface area contributed by atoms with E-state index in [2.05, 4.69) is 15.5 Å². The van der Waals surface area contributed by atoms with Crippen LogP contribution in [0.1, 0.15) is 16.1 Å². The number of H-pyrrole nitrogens is 1. The number of amides is 1. The van der Waals surface area contributed by atoms with Crippen molar-refractivity contribution in [2.75, 3.05) is 0 Å². The Kier molecular flexibility index (Phi) is 3.51. The van der Waals surface area contributed by atoms with Crippen molar-refractivity contribution in [2.45, 2.75) is 6.54 Å². The van der Waals surface area contributed by atoms with E-state index in [1.165, 1.54) is 24.3 Å². The maximum absolute atomic E-state index is 12.7. The van der Waals surface area contributed by atoms with Crippen LogP contribution in [0.4, 0.5) is 10.2 Å². The lowest BCUT2D eigenvalue weighted by atomic mass is 10.2. The van der Waals surface area contributed by atoms with Gasteiger partial charge < -0.3 is 15.4 Å². The van der Waals surface area contributed by atoms with Gasteiger partial charge in [0.15, 0.2) is 5.69 Å². The minimum atomic E-state index is -0.677. The van der Waals surface area contributed by atoms with Crippen molar-refractivity contribution < 1.29 is 14.1 Å². The Morgan fingerprint density at radius 2 is 2.11 bits per heavy atom. The topological polar surface area (TPSA) is 101 Å². The Labute approximate surface area is 106 Å². The summed E-state index contributed by atoms with van der Waals surface area (Å²) < 4.78 is 12.7. The first-order valence-corrected chi connectivity index (χ1v) is 5.28. The van der Waals surface area contributed by atoms with Crippen molar-refractivity contribution in [3.05, 3.63) is 57.5 Å². The molecule has 19 heavy (non-hydrogen) atoms. The van der Waals surface area contributed by atoms with E-state index in [-0.39, 0.29) is 23.9 Å². The van der Waals surface area contributed by atoms with E-state index in [1.807, 2.05) is 0 Å². The van der Waals surface area contributed by atoms with Gasteiger partial charge in [-0.2, -0.15) is 0 Å². The van der Waals surface area contributed by atoms with Gasteiger partial charge in [-0.25, -0.2) is 4.39 Å². The fourth-order valence-corrected chi connectivity index (χ4v) is 1.40. The summed E-state index contributed by atoms with van der Waals surface area (Å²) in [6, 6.07) is 6.66. The highest BCUT2D eigenvalue weighted by atomic mass is 19.1. The molecule has 98 valence electrons. The minimum Gasteiger partial charge on any atom is -0.358 e. The molecule has 2 N–H and O–H groups in total. The molecule has 0 aliphatic rings. The van der Waals surface area contributed by atoms with Crippen LogP contribution in [0.15, 0.2) is 30.3 Å². The van der Waals surface area contributed by atoms with Crippen molar-refractivity contribution in [1.29, 1.82) is 0 Å². The molecule has 2 rings (SSSR count). The van der Waals surface area contributed by atoms with E-state index in [4.69, 9.17) is 0 Å². The normalized spacial score (nSPS) is 10.2. The molecule has 1 heterocycles. The molecule has 1 amide bonds. The molecule has 0 saturated heterocycles. The van der Waals surface area contributed by atoms with Crippen LogP contribution in [0.25, 0.3) is 0 Å². The van der Waals surface area contributed by atoms with Crippen LogP contribution in [0.3, 0.4) is 0 Å². The molecular weight excluding hydrogens is 255 g/mol. The van der Waals surface area contributed by atoms with E-state index in [0.717, 1.165) is 6.07 Å². The van der Waals surface area contributed by atoms with Crippen LogP contribution < -0.4 is 5.32 Å². The number of benzene rings is 1. The van der Waals surface area contributed by atoms with Gasteiger partial charge in [-0.3, -0.25) is 4.79 Å². The average molecular weight is 264 g/mol. The molecule has 0 atom stereocenters. The van der Waals surface area contributed by atoms with Gasteiger partial charge >= 0.3 is 5.82 Å². The zero-order valence-electron chi connectivity index (χ0n) is 9.59. The van der Waals surface area contributed by atoms with E-state index < -0.39 is 10.8 Å².